The van der Waals surface area contributed by atoms with Crippen LogP contribution in [0.3, 0.4) is 0 Å². The van der Waals surface area contributed by atoms with Gasteiger partial charge in [0.2, 0.25) is 0 Å². The molecule has 114 valence electrons. The molecule has 0 bridgehead atoms. The number of methoxy groups -OCH3 is 1. The van der Waals surface area contributed by atoms with Gasteiger partial charge in [0.25, 0.3) is 5.91 Å². The van der Waals surface area contributed by atoms with Crippen molar-refractivity contribution < 1.29 is 19.4 Å². The van der Waals surface area contributed by atoms with E-state index in [-0.39, 0.29) is 18.2 Å². The average Bonchev–Trinajstić information content (AvgIpc) is 2.46. The minimum atomic E-state index is -0.821. The summed E-state index contributed by atoms with van der Waals surface area (Å²) < 4.78 is 5.20. The lowest BCUT2D eigenvalue weighted by Gasteiger charge is -2.32. The molecule has 1 amide bonds. The molecule has 1 aliphatic heterocycles. The smallest absolute Gasteiger partial charge is 0.303 e. The Morgan fingerprint density at radius 2 is 2.24 bits per heavy atom. The van der Waals surface area contributed by atoms with Crippen molar-refractivity contribution in [1.82, 2.24) is 4.90 Å². The summed E-state index contributed by atoms with van der Waals surface area (Å²) in [4.78, 5) is 25.1. The van der Waals surface area contributed by atoms with Gasteiger partial charge >= 0.3 is 5.97 Å². The Hall–Kier alpha value is -1.75. The van der Waals surface area contributed by atoms with E-state index in [9.17, 15) is 9.59 Å². The molecule has 5 nitrogen and oxygen atoms in total. The van der Waals surface area contributed by atoms with Crippen molar-refractivity contribution in [2.45, 2.75) is 19.3 Å². The Morgan fingerprint density at radius 1 is 1.48 bits per heavy atom. The Bertz CT molecular complexity index is 546. The van der Waals surface area contributed by atoms with E-state index in [0.717, 1.165) is 12.8 Å². The maximum atomic E-state index is 12.6. The van der Waals surface area contributed by atoms with Crippen molar-refractivity contribution >= 4 is 23.5 Å². The van der Waals surface area contributed by atoms with Crippen molar-refractivity contribution in [3.63, 3.8) is 0 Å². The molecule has 1 aromatic rings. The second-order valence-corrected chi connectivity index (χ2v) is 5.64. The normalized spacial score (nSPS) is 18.4. The predicted molar refractivity (Wildman–Crippen MR) is 78.9 cm³/mol. The number of carbonyl (C=O) groups excluding carboxylic acids is 1. The van der Waals surface area contributed by atoms with Gasteiger partial charge in [-0.05, 0) is 37.0 Å². The van der Waals surface area contributed by atoms with Gasteiger partial charge < -0.3 is 14.7 Å². The van der Waals surface area contributed by atoms with Gasteiger partial charge in [-0.3, -0.25) is 9.59 Å². The Kier molecular flexibility index (Phi) is 5.07. The largest absolute Gasteiger partial charge is 0.496 e. The summed E-state index contributed by atoms with van der Waals surface area (Å²) in [6.07, 6.45) is 1.76. The molecule has 0 spiro atoms. The minimum Gasteiger partial charge on any atom is -0.496 e. The molecule has 1 heterocycles. The summed E-state index contributed by atoms with van der Waals surface area (Å²) in [5, 5.41) is 9.39. The lowest BCUT2D eigenvalue weighted by molar-refractivity contribution is -0.138. The fourth-order valence-corrected chi connectivity index (χ4v) is 2.84. The molecule has 0 aliphatic carbocycles. The van der Waals surface area contributed by atoms with E-state index in [4.69, 9.17) is 21.4 Å². The van der Waals surface area contributed by atoms with E-state index in [2.05, 4.69) is 0 Å². The lowest BCUT2D eigenvalue weighted by Crippen LogP contribution is -2.40. The van der Waals surface area contributed by atoms with Crippen LogP contribution in [0.5, 0.6) is 5.75 Å². The SMILES string of the molecule is COc1cc(Cl)ccc1C(=O)N1CCCC(CC(=O)O)C1. The molecule has 1 aromatic carbocycles. The molecule has 1 saturated heterocycles. The number of hydrogen-bond acceptors (Lipinski definition) is 3. The zero-order valence-electron chi connectivity index (χ0n) is 11.8. The first kappa shape index (κ1) is 15.6. The molecule has 0 aromatic heterocycles. The summed E-state index contributed by atoms with van der Waals surface area (Å²) >= 11 is 5.90. The standard InChI is InChI=1S/C15H18ClNO4/c1-21-13-8-11(16)4-5-12(13)15(20)17-6-2-3-10(9-17)7-14(18)19/h4-5,8,10H,2-3,6-7,9H2,1H3,(H,18,19). The third-order valence-electron chi connectivity index (χ3n) is 3.66. The summed E-state index contributed by atoms with van der Waals surface area (Å²) in [6.45, 7) is 1.11. The topological polar surface area (TPSA) is 66.8 Å². The van der Waals surface area contributed by atoms with Gasteiger partial charge in [0.05, 0.1) is 12.7 Å². The van der Waals surface area contributed by atoms with Crippen LogP contribution in [-0.4, -0.2) is 42.1 Å². The van der Waals surface area contributed by atoms with Gasteiger partial charge in [-0.25, -0.2) is 0 Å². The molecule has 1 N–H and O–H groups in total. The van der Waals surface area contributed by atoms with E-state index < -0.39 is 5.97 Å². The Morgan fingerprint density at radius 3 is 2.90 bits per heavy atom. The third kappa shape index (κ3) is 3.88. The summed E-state index contributed by atoms with van der Waals surface area (Å²) in [7, 11) is 1.49. The number of halogens is 1. The summed E-state index contributed by atoms with van der Waals surface area (Å²) in [5.74, 6) is -0.511. The highest BCUT2D eigenvalue weighted by atomic mass is 35.5. The maximum absolute atomic E-state index is 12.6. The number of carbonyl (C=O) groups is 2. The first-order valence-corrected chi connectivity index (χ1v) is 7.23. The highest BCUT2D eigenvalue weighted by molar-refractivity contribution is 6.30. The van der Waals surface area contributed by atoms with E-state index in [1.54, 1.807) is 23.1 Å². The number of aliphatic carboxylic acids is 1. The zero-order valence-corrected chi connectivity index (χ0v) is 12.6. The summed E-state index contributed by atoms with van der Waals surface area (Å²) in [5.41, 5.74) is 0.456. The first-order chi connectivity index (χ1) is 10.0. The van der Waals surface area contributed by atoms with Crippen LogP contribution in [0.25, 0.3) is 0 Å². The Balaban J connectivity index is 2.14. The molecule has 0 saturated carbocycles. The number of rotatable bonds is 4. The van der Waals surface area contributed by atoms with E-state index in [0.29, 0.717) is 29.4 Å². The predicted octanol–water partition coefficient (Wildman–Crippen LogP) is 2.68. The van der Waals surface area contributed by atoms with Crippen LogP contribution in [0.15, 0.2) is 18.2 Å². The fraction of sp³-hybridized carbons (Fsp3) is 0.467. The lowest BCUT2D eigenvalue weighted by atomic mass is 9.94. The van der Waals surface area contributed by atoms with Gasteiger partial charge in [0.15, 0.2) is 0 Å². The molecular formula is C15H18ClNO4. The van der Waals surface area contributed by atoms with Gasteiger partial charge in [-0.1, -0.05) is 11.6 Å². The number of benzene rings is 1. The van der Waals surface area contributed by atoms with Crippen LogP contribution < -0.4 is 4.74 Å². The second-order valence-electron chi connectivity index (χ2n) is 5.20. The summed E-state index contributed by atoms with van der Waals surface area (Å²) in [6, 6.07) is 4.90. The highest BCUT2D eigenvalue weighted by Crippen LogP contribution is 2.27. The van der Waals surface area contributed by atoms with Crippen molar-refractivity contribution in [2.75, 3.05) is 20.2 Å². The van der Waals surface area contributed by atoms with Crippen molar-refractivity contribution in [3.05, 3.63) is 28.8 Å². The van der Waals surface area contributed by atoms with Crippen LogP contribution in [0.1, 0.15) is 29.6 Å². The molecule has 1 atom stereocenters. The van der Waals surface area contributed by atoms with Gasteiger partial charge in [-0.15, -0.1) is 0 Å². The van der Waals surface area contributed by atoms with Crippen molar-refractivity contribution in [3.8, 4) is 5.75 Å². The second kappa shape index (κ2) is 6.80. The van der Waals surface area contributed by atoms with Gasteiger partial charge in [0, 0.05) is 24.5 Å². The molecule has 21 heavy (non-hydrogen) atoms. The van der Waals surface area contributed by atoms with E-state index in [1.807, 2.05) is 0 Å². The molecule has 6 heteroatoms. The van der Waals surface area contributed by atoms with Gasteiger partial charge in [0.1, 0.15) is 5.75 Å². The number of hydrogen-bond donors (Lipinski definition) is 1. The number of ether oxygens (including phenoxy) is 1. The number of piperidine rings is 1. The average molecular weight is 312 g/mol. The monoisotopic (exact) mass is 311 g/mol. The third-order valence-corrected chi connectivity index (χ3v) is 3.90. The Labute approximate surface area is 128 Å². The van der Waals surface area contributed by atoms with E-state index in [1.165, 1.54) is 7.11 Å². The van der Waals surface area contributed by atoms with Crippen LogP contribution in [0, 0.1) is 5.92 Å². The minimum absolute atomic E-state index is 0.0125. The zero-order chi connectivity index (χ0) is 15.4. The number of nitrogens with zero attached hydrogens (tertiary/aromatic N) is 1. The van der Waals surface area contributed by atoms with Crippen molar-refractivity contribution in [2.24, 2.45) is 5.92 Å². The number of likely N-dealkylation sites (tertiary alicyclic amines) is 1. The highest BCUT2D eigenvalue weighted by Gasteiger charge is 2.27. The molecule has 0 radical (unpaired) electrons. The van der Waals surface area contributed by atoms with Crippen LogP contribution in [0.4, 0.5) is 0 Å². The van der Waals surface area contributed by atoms with E-state index >= 15 is 0 Å². The molecular weight excluding hydrogens is 294 g/mol. The van der Waals surface area contributed by atoms with Crippen molar-refractivity contribution in [1.29, 1.82) is 0 Å². The van der Waals surface area contributed by atoms with Crippen LogP contribution in [-0.2, 0) is 4.79 Å². The fourth-order valence-electron chi connectivity index (χ4n) is 2.68. The molecule has 1 fully saturated rings. The number of carboxylic acids is 1. The maximum Gasteiger partial charge on any atom is 0.303 e. The number of carboxylic acid groups (broad SMARTS) is 1. The molecule has 1 unspecified atom stereocenters. The molecule has 2 rings (SSSR count). The van der Waals surface area contributed by atoms with Gasteiger partial charge in [-0.2, -0.15) is 0 Å². The first-order valence-electron chi connectivity index (χ1n) is 6.86. The van der Waals surface area contributed by atoms with Crippen LogP contribution in [0.2, 0.25) is 5.02 Å². The van der Waals surface area contributed by atoms with Crippen LogP contribution >= 0.6 is 11.6 Å². The number of amides is 1. The quantitative estimate of drug-likeness (QED) is 0.928. The molecule has 1 aliphatic rings.